The van der Waals surface area contributed by atoms with Crippen molar-refractivity contribution in [1.82, 2.24) is 20.1 Å². The first kappa shape index (κ1) is 45.6. The van der Waals surface area contributed by atoms with Gasteiger partial charge in [-0.25, -0.2) is 4.79 Å². The predicted octanol–water partition coefficient (Wildman–Crippen LogP) is 9.97. The van der Waals surface area contributed by atoms with Crippen LogP contribution < -0.4 is 14.8 Å². The van der Waals surface area contributed by atoms with Crippen molar-refractivity contribution in [2.24, 2.45) is 5.92 Å². The quantitative estimate of drug-likeness (QED) is 0.116. The van der Waals surface area contributed by atoms with E-state index in [-0.39, 0.29) is 30.3 Å². The molecule has 5 aromatic rings. The molecule has 63 heavy (non-hydrogen) atoms. The molecule has 0 aliphatic carbocycles. The normalized spacial score (nSPS) is 17.1. The van der Waals surface area contributed by atoms with Gasteiger partial charge in [-0.05, 0) is 120 Å². The van der Waals surface area contributed by atoms with Crippen molar-refractivity contribution in [2.45, 2.75) is 98.2 Å². The molecule has 4 aromatic carbocycles. The van der Waals surface area contributed by atoms with Crippen molar-refractivity contribution in [1.29, 1.82) is 0 Å². The number of nitrogens with zero attached hydrogens (tertiary/aromatic N) is 3. The second-order valence-corrected chi connectivity index (χ2v) is 17.9. The monoisotopic (exact) mass is 890 g/mol. The third-order valence-corrected chi connectivity index (χ3v) is 12.9. The van der Waals surface area contributed by atoms with Crippen molar-refractivity contribution >= 4 is 41.0 Å². The Morgan fingerprint density at radius 3 is 2.32 bits per heavy atom. The van der Waals surface area contributed by atoms with Gasteiger partial charge < -0.3 is 24.4 Å². The smallest absolute Gasteiger partial charge is 0.328 e. The minimum Gasteiger partial charge on any atom is -0.486 e. The molecule has 1 aromatic heterocycles. The highest BCUT2D eigenvalue weighted by Gasteiger charge is 2.36. The Balaban J connectivity index is 1.09. The topological polar surface area (TPSA) is 110 Å². The number of pyridine rings is 1. The van der Waals surface area contributed by atoms with Gasteiger partial charge in [-0.3, -0.25) is 19.5 Å². The van der Waals surface area contributed by atoms with E-state index in [1.54, 1.807) is 17.9 Å². The predicted molar refractivity (Wildman–Crippen MR) is 247 cm³/mol. The maximum Gasteiger partial charge on any atom is 0.328 e. The van der Waals surface area contributed by atoms with E-state index < -0.39 is 24.2 Å². The number of fused-ring (bicyclic) bond motifs is 2. The molecule has 2 amide bonds. The number of carbonyl (C=O) groups excluding carboxylic acids is 3. The number of ether oxygens (including phenoxy) is 3. The highest BCUT2D eigenvalue weighted by molar-refractivity contribution is 6.42. The van der Waals surface area contributed by atoms with Crippen LogP contribution in [0, 0.1) is 19.8 Å². The zero-order valence-corrected chi connectivity index (χ0v) is 38.6. The molecule has 2 aliphatic rings. The van der Waals surface area contributed by atoms with E-state index in [0.717, 1.165) is 62.2 Å². The fraction of sp³-hybridized carbons (Fsp3) is 0.373. The van der Waals surface area contributed by atoms with Crippen LogP contribution in [0.15, 0.2) is 91.1 Å². The molecule has 3 heterocycles. The van der Waals surface area contributed by atoms with Crippen LogP contribution >= 0.6 is 23.2 Å². The first-order valence-corrected chi connectivity index (χ1v) is 22.4. The lowest BCUT2D eigenvalue weighted by Gasteiger charge is -2.38. The molecular formula is C51H56Cl2N4O6. The first-order valence-electron chi connectivity index (χ1n) is 21.6. The summed E-state index contributed by atoms with van der Waals surface area (Å²) in [6.07, 6.45) is 2.61. The number of halogens is 2. The number of amides is 2. The molecule has 0 fully saturated rings. The molecule has 330 valence electrons. The summed E-state index contributed by atoms with van der Waals surface area (Å²) >= 11 is 12.5. The number of nitrogens with one attached hydrogen (secondary N) is 1. The van der Waals surface area contributed by atoms with E-state index in [1.165, 1.54) is 7.11 Å². The van der Waals surface area contributed by atoms with Crippen LogP contribution in [0.2, 0.25) is 10.0 Å². The zero-order valence-electron chi connectivity index (χ0n) is 37.0. The number of aromatic nitrogens is 1. The molecule has 2 aliphatic heterocycles. The summed E-state index contributed by atoms with van der Waals surface area (Å²) in [4.78, 5) is 49.0. The molecule has 4 atom stereocenters. The number of esters is 1. The van der Waals surface area contributed by atoms with Crippen LogP contribution in [-0.2, 0) is 45.1 Å². The zero-order chi connectivity index (χ0) is 44.9. The van der Waals surface area contributed by atoms with Gasteiger partial charge in [-0.15, -0.1) is 0 Å². The van der Waals surface area contributed by atoms with Crippen LogP contribution in [0.4, 0.5) is 0 Å². The van der Waals surface area contributed by atoms with Gasteiger partial charge in [-0.2, -0.15) is 0 Å². The van der Waals surface area contributed by atoms with Crippen LogP contribution in [-0.4, -0.2) is 64.9 Å². The number of benzene rings is 4. The molecule has 0 radical (unpaired) electrons. The molecule has 0 saturated carbocycles. The second kappa shape index (κ2) is 20.0. The van der Waals surface area contributed by atoms with Gasteiger partial charge in [0.05, 0.1) is 29.7 Å². The van der Waals surface area contributed by atoms with Crippen molar-refractivity contribution in [3.8, 4) is 22.6 Å². The highest BCUT2D eigenvalue weighted by atomic mass is 35.5. The Hall–Kier alpha value is -5.42. The Kier molecular flexibility index (Phi) is 14.4. The van der Waals surface area contributed by atoms with Crippen molar-refractivity contribution < 1.29 is 28.6 Å². The van der Waals surface area contributed by atoms with Crippen LogP contribution in [0.5, 0.6) is 11.5 Å². The van der Waals surface area contributed by atoms with Gasteiger partial charge in [0, 0.05) is 50.4 Å². The van der Waals surface area contributed by atoms with E-state index in [2.05, 4.69) is 55.0 Å². The molecule has 0 bridgehead atoms. The van der Waals surface area contributed by atoms with E-state index in [9.17, 15) is 14.4 Å². The fourth-order valence-electron chi connectivity index (χ4n) is 8.59. The Labute approximate surface area is 380 Å². The minimum atomic E-state index is -0.877. The lowest BCUT2D eigenvalue weighted by atomic mass is 9.90. The summed E-state index contributed by atoms with van der Waals surface area (Å²) in [6.45, 7) is 13.9. The third kappa shape index (κ3) is 10.7. The molecule has 1 N–H and O–H groups in total. The molecule has 7 rings (SSSR count). The average molecular weight is 892 g/mol. The maximum absolute atomic E-state index is 14.3. The van der Waals surface area contributed by atoms with E-state index in [0.29, 0.717) is 54.1 Å². The molecule has 12 heteroatoms. The van der Waals surface area contributed by atoms with Gasteiger partial charge >= 0.3 is 5.97 Å². The average Bonchev–Trinajstić information content (AvgIpc) is 3.46. The molecule has 0 spiro atoms. The first-order chi connectivity index (χ1) is 30.2. The molecular weight excluding hydrogens is 835 g/mol. The summed E-state index contributed by atoms with van der Waals surface area (Å²) in [5.74, 6) is 0.892. The molecule has 0 unspecified atom stereocenters. The molecule has 0 saturated heterocycles. The van der Waals surface area contributed by atoms with Gasteiger partial charge in [0.1, 0.15) is 29.7 Å². The summed E-state index contributed by atoms with van der Waals surface area (Å²) in [5.41, 5.74) is 9.96. The van der Waals surface area contributed by atoms with Crippen LogP contribution in [0.1, 0.15) is 91.0 Å². The largest absolute Gasteiger partial charge is 0.486 e. The third-order valence-electron chi connectivity index (χ3n) is 12.2. The van der Waals surface area contributed by atoms with E-state index in [4.69, 9.17) is 37.4 Å². The summed E-state index contributed by atoms with van der Waals surface area (Å²) < 4.78 is 18.4. The van der Waals surface area contributed by atoms with E-state index in [1.807, 2.05) is 79.9 Å². The Bertz CT molecular complexity index is 2460. The number of hydrogen-bond donors (Lipinski definition) is 1. The van der Waals surface area contributed by atoms with Crippen molar-refractivity contribution in [2.75, 3.05) is 20.2 Å². The Morgan fingerprint density at radius 1 is 0.905 bits per heavy atom. The number of rotatable bonds is 13. The van der Waals surface area contributed by atoms with Crippen LogP contribution in [0.25, 0.3) is 11.1 Å². The van der Waals surface area contributed by atoms with Gasteiger partial charge in [0.25, 0.3) is 0 Å². The van der Waals surface area contributed by atoms with Gasteiger partial charge in [-0.1, -0.05) is 86.4 Å². The van der Waals surface area contributed by atoms with E-state index >= 15 is 0 Å². The number of methoxy groups -OCH3 is 1. The highest BCUT2D eigenvalue weighted by Crippen LogP contribution is 2.38. The van der Waals surface area contributed by atoms with Gasteiger partial charge in [0.15, 0.2) is 0 Å². The maximum atomic E-state index is 14.3. The second-order valence-electron chi connectivity index (χ2n) is 17.1. The SMILES string of the molecule is CC[C@@H](Oc1ccc([C@H]2CN(C(C)=O)Cc3cc4c(cc3O2)CN(CC(C)C)[C@H](C(=O)N[C@@H](Cc2ccc(-c3ccnc(C)c3C)cc2)C(=O)OC)C4)cc1)c1ccc(Cl)c(Cl)c1. The van der Waals surface area contributed by atoms with Crippen molar-refractivity contribution in [3.05, 3.63) is 146 Å². The summed E-state index contributed by atoms with van der Waals surface area (Å²) in [5, 5.41) is 4.05. The fourth-order valence-corrected chi connectivity index (χ4v) is 8.89. The molecule has 10 nitrogen and oxygen atoms in total. The number of hydrogen-bond acceptors (Lipinski definition) is 8. The number of aryl methyl sites for hydroxylation is 1. The van der Waals surface area contributed by atoms with Gasteiger partial charge in [0.2, 0.25) is 11.8 Å². The Morgan fingerprint density at radius 2 is 1.65 bits per heavy atom. The minimum absolute atomic E-state index is 0.0621. The summed E-state index contributed by atoms with van der Waals surface area (Å²) in [7, 11) is 1.34. The number of carbonyl (C=O) groups is 3. The van der Waals surface area contributed by atoms with Crippen molar-refractivity contribution in [3.63, 3.8) is 0 Å². The summed E-state index contributed by atoms with van der Waals surface area (Å²) in [6, 6.07) is 26.2. The lowest BCUT2D eigenvalue weighted by molar-refractivity contribution is -0.146. The standard InChI is InChI=1S/C51H56Cl2N4O6/c1-8-47(37-15-18-43(52)44(53)23-37)62-41-16-13-36(14-17-41)49-29-56(33(6)58)28-40-22-38-24-46(57(26-30(2)3)27-39(38)25-48(40)63-49)50(59)55-45(51(60)61-7)21-34-9-11-35(12-10-34)42-19-20-54-32(5)31(42)4/h9-20,22-23,25,30,45-47,49H,8,21,24,26-29H2,1-7H3,(H,55,59)/t45-,46-,47+,49+/m0/s1. The lowest BCUT2D eigenvalue weighted by Crippen LogP contribution is -2.55. The van der Waals surface area contributed by atoms with Crippen LogP contribution in [0.3, 0.4) is 0 Å².